The van der Waals surface area contributed by atoms with Crippen molar-refractivity contribution in [1.29, 1.82) is 0 Å². The summed E-state index contributed by atoms with van der Waals surface area (Å²) in [6, 6.07) is 6.00. The van der Waals surface area contributed by atoms with Crippen molar-refractivity contribution in [3.8, 4) is 0 Å². The molecule has 1 rings (SSSR count). The fourth-order valence-corrected chi connectivity index (χ4v) is 3.97. The topological polar surface area (TPSA) is 157 Å². The molecule has 5 N–H and O–H groups in total. The van der Waals surface area contributed by atoms with Crippen LogP contribution in [-0.4, -0.2) is 53.1 Å². The SMILES string of the molecule is [NH-]C(CCCCNC(=O)CCCNC(=O)CCCCCCCCCCc1ccc(C(=O)O)cc1)C(=O)O.[Os+]. The summed E-state index contributed by atoms with van der Waals surface area (Å²) in [6.45, 7) is 0.956. The summed E-state index contributed by atoms with van der Waals surface area (Å²) in [5.41, 5.74) is 8.80. The van der Waals surface area contributed by atoms with Crippen LogP contribution in [-0.2, 0) is 40.6 Å². The molecule has 1 unspecified atom stereocenters. The predicted molar refractivity (Wildman–Crippen MR) is 144 cm³/mol. The van der Waals surface area contributed by atoms with Crippen LogP contribution in [0, 0.1) is 0 Å². The molecular formula is C28H44N3O6Os. The molecule has 0 spiro atoms. The van der Waals surface area contributed by atoms with Gasteiger partial charge < -0.3 is 26.6 Å². The minimum atomic E-state index is -1.12. The number of nitrogens with one attached hydrogen (secondary N) is 3. The molecule has 0 saturated heterocycles. The van der Waals surface area contributed by atoms with Crippen LogP contribution in [0.15, 0.2) is 24.3 Å². The van der Waals surface area contributed by atoms with Crippen molar-refractivity contribution in [2.24, 2.45) is 0 Å². The van der Waals surface area contributed by atoms with Gasteiger partial charge in [0, 0.05) is 25.9 Å². The molecule has 9 nitrogen and oxygen atoms in total. The first-order valence-electron chi connectivity index (χ1n) is 13.6. The molecule has 1 aromatic carbocycles. The first-order chi connectivity index (χ1) is 17.8. The Balaban J connectivity index is 0.0000137. The largest absolute Gasteiger partial charge is 1.00 e. The maximum absolute atomic E-state index is 11.9. The van der Waals surface area contributed by atoms with Crippen LogP contribution in [0.25, 0.3) is 5.73 Å². The fourth-order valence-electron chi connectivity index (χ4n) is 3.97. The summed E-state index contributed by atoms with van der Waals surface area (Å²) in [4.78, 5) is 45.1. The van der Waals surface area contributed by atoms with Gasteiger partial charge in [0.2, 0.25) is 11.8 Å². The zero-order chi connectivity index (χ0) is 27.3. The molecule has 0 heterocycles. The van der Waals surface area contributed by atoms with Crippen LogP contribution < -0.4 is 10.6 Å². The van der Waals surface area contributed by atoms with E-state index in [0.29, 0.717) is 50.8 Å². The third kappa shape index (κ3) is 18.9. The van der Waals surface area contributed by atoms with Crippen molar-refractivity contribution >= 4 is 23.8 Å². The summed E-state index contributed by atoms with van der Waals surface area (Å²) in [5.74, 6) is -2.06. The van der Waals surface area contributed by atoms with Gasteiger partial charge in [0.15, 0.2) is 0 Å². The average molecular weight is 709 g/mol. The number of carbonyl (C=O) groups is 4. The summed E-state index contributed by atoms with van der Waals surface area (Å²) in [7, 11) is 0. The number of aromatic carboxylic acids is 1. The standard InChI is InChI=1S/C28H44N3O6.Os/c29-24(28(36)37)13-9-10-20-30-26(33)15-11-21-31-25(32)14-8-6-4-2-1-3-5-7-12-22-16-18-23(19-17-22)27(34)35;/h16-19,24,29H,1-15,20-21H2,(H,30,33)(H,31,32)(H,34,35)(H,36,37);/q-1;+1. The minimum Gasteiger partial charge on any atom is -0.665 e. The molecular weight excluding hydrogens is 665 g/mol. The number of rotatable bonds is 22. The maximum atomic E-state index is 11.9. The van der Waals surface area contributed by atoms with E-state index in [1.54, 1.807) is 12.1 Å². The Bertz CT molecular complexity index is 819. The molecule has 2 amide bonds. The Morgan fingerprint density at radius 2 is 1.18 bits per heavy atom. The van der Waals surface area contributed by atoms with Crippen molar-refractivity contribution in [2.75, 3.05) is 13.1 Å². The van der Waals surface area contributed by atoms with E-state index in [-0.39, 0.29) is 38.0 Å². The second-order valence-corrected chi connectivity index (χ2v) is 9.52. The van der Waals surface area contributed by atoms with E-state index < -0.39 is 18.0 Å². The number of aliphatic carboxylic acids is 1. The molecule has 0 saturated carbocycles. The Kier molecular flexibility index (Phi) is 21.3. The first-order valence-corrected chi connectivity index (χ1v) is 13.6. The molecule has 0 bridgehead atoms. The van der Waals surface area contributed by atoms with Crippen molar-refractivity contribution in [3.63, 3.8) is 0 Å². The minimum absolute atomic E-state index is 0. The molecule has 10 heteroatoms. The first kappa shape index (κ1) is 35.7. The van der Waals surface area contributed by atoms with E-state index in [0.717, 1.165) is 32.1 Å². The molecule has 0 aliphatic carbocycles. The van der Waals surface area contributed by atoms with Crippen LogP contribution >= 0.6 is 0 Å². The predicted octanol–water partition coefficient (Wildman–Crippen LogP) is 5.12. The van der Waals surface area contributed by atoms with E-state index in [4.69, 9.17) is 15.9 Å². The normalized spacial score (nSPS) is 11.3. The summed E-state index contributed by atoms with van der Waals surface area (Å²) < 4.78 is 0. The van der Waals surface area contributed by atoms with Crippen molar-refractivity contribution in [2.45, 2.75) is 102 Å². The Morgan fingerprint density at radius 1 is 0.684 bits per heavy atom. The fraction of sp³-hybridized carbons (Fsp3) is 0.643. The second kappa shape index (κ2) is 22.7. The zero-order valence-electron chi connectivity index (χ0n) is 22.3. The van der Waals surface area contributed by atoms with Gasteiger partial charge in [0.1, 0.15) is 0 Å². The van der Waals surface area contributed by atoms with Crippen LogP contribution in [0.1, 0.15) is 106 Å². The van der Waals surface area contributed by atoms with Crippen molar-refractivity contribution < 1.29 is 49.2 Å². The number of hydrogen-bond acceptors (Lipinski definition) is 4. The number of carboxylic acid groups (broad SMARTS) is 2. The van der Waals surface area contributed by atoms with Crippen LogP contribution in [0.2, 0.25) is 0 Å². The molecule has 38 heavy (non-hydrogen) atoms. The molecule has 1 aromatic rings. The molecule has 0 aliphatic heterocycles. The van der Waals surface area contributed by atoms with Crippen molar-refractivity contribution in [1.82, 2.24) is 10.6 Å². The molecule has 0 aromatic heterocycles. The number of unbranched alkanes of at least 4 members (excludes halogenated alkanes) is 8. The van der Waals surface area contributed by atoms with Gasteiger partial charge in [0.25, 0.3) is 5.97 Å². The second-order valence-electron chi connectivity index (χ2n) is 9.52. The number of aryl methyl sites for hydroxylation is 1. The monoisotopic (exact) mass is 710 g/mol. The van der Waals surface area contributed by atoms with Crippen LogP contribution in [0.5, 0.6) is 0 Å². The number of hydrogen-bond donors (Lipinski definition) is 4. The Labute approximate surface area is 239 Å². The van der Waals surface area contributed by atoms with Gasteiger partial charge in [0.05, 0.1) is 5.56 Å². The number of carbonyl (C=O) groups excluding carboxylic acids is 2. The van der Waals surface area contributed by atoms with E-state index in [1.165, 1.54) is 31.2 Å². The number of benzene rings is 1. The molecule has 0 fully saturated rings. The van der Waals surface area contributed by atoms with Gasteiger partial charge in [-0.3, -0.25) is 14.4 Å². The van der Waals surface area contributed by atoms with E-state index in [9.17, 15) is 19.2 Å². The quantitative estimate of drug-likeness (QED) is 0.123. The van der Waals surface area contributed by atoms with Gasteiger partial charge in [-0.05, 0) is 55.8 Å². The number of amides is 2. The zero-order valence-corrected chi connectivity index (χ0v) is 24.8. The molecule has 1 radical (unpaired) electrons. The van der Waals surface area contributed by atoms with Crippen molar-refractivity contribution in [3.05, 3.63) is 41.1 Å². The molecule has 0 aliphatic rings. The maximum Gasteiger partial charge on any atom is 1.00 e. The van der Waals surface area contributed by atoms with Gasteiger partial charge in [-0.2, -0.15) is 0 Å². The summed E-state index contributed by atoms with van der Waals surface area (Å²) >= 11 is 0. The third-order valence-electron chi connectivity index (χ3n) is 6.26. The summed E-state index contributed by atoms with van der Waals surface area (Å²) in [5, 5.41) is 23.2. The third-order valence-corrected chi connectivity index (χ3v) is 6.26. The smallest absolute Gasteiger partial charge is 0.665 e. The van der Waals surface area contributed by atoms with Gasteiger partial charge in [-0.15, -0.1) is 0 Å². The van der Waals surface area contributed by atoms with E-state index in [2.05, 4.69) is 10.6 Å². The molecule has 215 valence electrons. The number of carboxylic acids is 2. The van der Waals surface area contributed by atoms with E-state index in [1.807, 2.05) is 12.1 Å². The Morgan fingerprint density at radius 3 is 1.74 bits per heavy atom. The van der Waals surface area contributed by atoms with Gasteiger partial charge in [-0.25, -0.2) is 4.79 Å². The van der Waals surface area contributed by atoms with Crippen LogP contribution in [0.3, 0.4) is 0 Å². The average Bonchev–Trinajstić information content (AvgIpc) is 2.87. The summed E-state index contributed by atoms with van der Waals surface area (Å²) in [6.07, 6.45) is 12.8. The van der Waals surface area contributed by atoms with E-state index >= 15 is 0 Å². The van der Waals surface area contributed by atoms with Gasteiger partial charge >= 0.3 is 25.8 Å². The van der Waals surface area contributed by atoms with Crippen LogP contribution in [0.4, 0.5) is 0 Å². The molecule has 1 atom stereocenters. The van der Waals surface area contributed by atoms with Gasteiger partial charge in [-0.1, -0.05) is 63.5 Å². The Hall–Kier alpha value is -2.30.